The number of halogens is 2. The minimum atomic E-state index is -0.423. The van der Waals surface area contributed by atoms with Crippen LogP contribution >= 0.6 is 15.9 Å². The number of benzene rings is 1. The number of ketones is 1. The van der Waals surface area contributed by atoms with E-state index in [1.165, 1.54) is 18.2 Å². The Balaban J connectivity index is 3.21. The first-order chi connectivity index (χ1) is 6.02. The van der Waals surface area contributed by atoms with E-state index < -0.39 is 5.82 Å². The van der Waals surface area contributed by atoms with Crippen LogP contribution in [0.5, 0.6) is 0 Å². The molecule has 0 radical (unpaired) electrons. The standard InChI is InChI=1S/C10H8BrFO/c1-6(2)10(13)8-5-7(12)3-4-9(8)11/h3-5H,1H2,2H3. The summed E-state index contributed by atoms with van der Waals surface area (Å²) in [5, 5.41) is 0. The lowest BCUT2D eigenvalue weighted by Crippen LogP contribution is -2.01. The molecule has 0 aliphatic rings. The maximum atomic E-state index is 12.8. The fourth-order valence-electron chi connectivity index (χ4n) is 0.901. The third-order valence-electron chi connectivity index (χ3n) is 1.56. The van der Waals surface area contributed by atoms with Crippen LogP contribution in [0.4, 0.5) is 4.39 Å². The van der Waals surface area contributed by atoms with Crippen LogP contribution in [0.2, 0.25) is 0 Å². The molecule has 0 amide bonds. The van der Waals surface area contributed by atoms with Crippen LogP contribution in [0, 0.1) is 5.82 Å². The molecule has 0 heterocycles. The Morgan fingerprint density at radius 1 is 1.54 bits per heavy atom. The summed E-state index contributed by atoms with van der Waals surface area (Å²) < 4.78 is 13.4. The van der Waals surface area contributed by atoms with Crippen LogP contribution in [-0.2, 0) is 0 Å². The maximum absolute atomic E-state index is 12.8. The zero-order chi connectivity index (χ0) is 10.0. The van der Waals surface area contributed by atoms with Gasteiger partial charge < -0.3 is 0 Å². The summed E-state index contributed by atoms with van der Waals surface area (Å²) in [4.78, 5) is 11.4. The second-order valence-electron chi connectivity index (χ2n) is 2.73. The highest BCUT2D eigenvalue weighted by molar-refractivity contribution is 9.10. The highest BCUT2D eigenvalue weighted by Gasteiger charge is 2.11. The number of carbonyl (C=O) groups excluding carboxylic acids is 1. The molecule has 1 rings (SSSR count). The second kappa shape index (κ2) is 3.83. The van der Waals surface area contributed by atoms with E-state index in [1.807, 2.05) is 0 Å². The van der Waals surface area contributed by atoms with E-state index in [9.17, 15) is 9.18 Å². The first-order valence-corrected chi connectivity index (χ1v) is 4.47. The predicted molar refractivity (Wildman–Crippen MR) is 53.2 cm³/mol. The maximum Gasteiger partial charge on any atom is 0.189 e. The van der Waals surface area contributed by atoms with E-state index in [-0.39, 0.29) is 5.78 Å². The number of hydrogen-bond acceptors (Lipinski definition) is 1. The fraction of sp³-hybridized carbons (Fsp3) is 0.100. The van der Waals surface area contributed by atoms with Crippen molar-refractivity contribution in [2.75, 3.05) is 0 Å². The topological polar surface area (TPSA) is 17.1 Å². The van der Waals surface area contributed by atoms with Gasteiger partial charge in [-0.05, 0) is 30.7 Å². The van der Waals surface area contributed by atoms with Crippen LogP contribution < -0.4 is 0 Å². The highest BCUT2D eigenvalue weighted by atomic mass is 79.9. The minimum absolute atomic E-state index is 0.244. The Hall–Kier alpha value is -0.960. The SMILES string of the molecule is C=C(C)C(=O)c1cc(F)ccc1Br. The van der Waals surface area contributed by atoms with Crippen LogP contribution in [0.25, 0.3) is 0 Å². The summed E-state index contributed by atoms with van der Waals surface area (Å²) >= 11 is 3.17. The molecule has 0 bridgehead atoms. The van der Waals surface area contributed by atoms with Gasteiger partial charge in [0, 0.05) is 10.0 Å². The van der Waals surface area contributed by atoms with Gasteiger partial charge in [0.25, 0.3) is 0 Å². The predicted octanol–water partition coefficient (Wildman–Crippen LogP) is 3.35. The lowest BCUT2D eigenvalue weighted by Gasteiger charge is -2.02. The van der Waals surface area contributed by atoms with Gasteiger partial charge in [-0.2, -0.15) is 0 Å². The smallest absolute Gasteiger partial charge is 0.189 e. The van der Waals surface area contributed by atoms with E-state index in [0.717, 1.165) is 0 Å². The number of rotatable bonds is 2. The Morgan fingerprint density at radius 3 is 2.69 bits per heavy atom. The third-order valence-corrected chi connectivity index (χ3v) is 2.25. The van der Waals surface area contributed by atoms with Gasteiger partial charge in [0.2, 0.25) is 0 Å². The van der Waals surface area contributed by atoms with Crippen molar-refractivity contribution >= 4 is 21.7 Å². The summed E-state index contributed by atoms with van der Waals surface area (Å²) in [6.45, 7) is 5.11. The number of hydrogen-bond donors (Lipinski definition) is 0. The first kappa shape index (κ1) is 10.1. The van der Waals surface area contributed by atoms with E-state index >= 15 is 0 Å². The van der Waals surface area contributed by atoms with Crippen molar-refractivity contribution in [1.82, 2.24) is 0 Å². The average molecular weight is 243 g/mol. The Kier molecular flexibility index (Phi) is 2.98. The van der Waals surface area contributed by atoms with E-state index in [0.29, 0.717) is 15.6 Å². The summed E-state index contributed by atoms with van der Waals surface area (Å²) in [7, 11) is 0. The normalized spacial score (nSPS) is 9.77. The van der Waals surface area contributed by atoms with Gasteiger partial charge in [0.15, 0.2) is 5.78 Å². The van der Waals surface area contributed by atoms with Crippen LogP contribution in [-0.4, -0.2) is 5.78 Å². The summed E-state index contributed by atoms with van der Waals surface area (Å²) in [5.41, 5.74) is 0.707. The zero-order valence-corrected chi connectivity index (χ0v) is 8.69. The molecule has 68 valence electrons. The van der Waals surface area contributed by atoms with Crippen molar-refractivity contribution in [2.24, 2.45) is 0 Å². The minimum Gasteiger partial charge on any atom is -0.289 e. The lowest BCUT2D eigenvalue weighted by molar-refractivity contribution is 0.103. The monoisotopic (exact) mass is 242 g/mol. The molecule has 0 N–H and O–H groups in total. The van der Waals surface area contributed by atoms with Gasteiger partial charge in [0.1, 0.15) is 5.82 Å². The summed E-state index contributed by atoms with van der Waals surface area (Å²) in [6.07, 6.45) is 0. The van der Waals surface area contributed by atoms with E-state index in [1.54, 1.807) is 6.92 Å². The number of Topliss-reactive ketones (excluding diaryl/α,β-unsaturated/α-hetero) is 1. The van der Waals surface area contributed by atoms with Crippen molar-refractivity contribution in [2.45, 2.75) is 6.92 Å². The molecule has 1 nitrogen and oxygen atoms in total. The molecular formula is C10H8BrFO. The number of allylic oxidation sites excluding steroid dienone is 1. The molecule has 0 unspecified atom stereocenters. The molecule has 0 aliphatic heterocycles. The van der Waals surface area contributed by atoms with Crippen molar-refractivity contribution < 1.29 is 9.18 Å². The largest absolute Gasteiger partial charge is 0.289 e. The molecule has 0 atom stereocenters. The van der Waals surface area contributed by atoms with Gasteiger partial charge in [-0.3, -0.25) is 4.79 Å². The van der Waals surface area contributed by atoms with Crippen LogP contribution in [0.3, 0.4) is 0 Å². The first-order valence-electron chi connectivity index (χ1n) is 3.67. The fourth-order valence-corrected chi connectivity index (χ4v) is 1.33. The Morgan fingerprint density at radius 2 is 2.15 bits per heavy atom. The van der Waals surface area contributed by atoms with E-state index in [4.69, 9.17) is 0 Å². The van der Waals surface area contributed by atoms with Gasteiger partial charge >= 0.3 is 0 Å². The van der Waals surface area contributed by atoms with Crippen molar-refractivity contribution in [3.8, 4) is 0 Å². The summed E-state index contributed by atoms with van der Waals surface area (Å²) in [5.74, 6) is -0.667. The van der Waals surface area contributed by atoms with Crippen molar-refractivity contribution in [3.63, 3.8) is 0 Å². The molecule has 0 saturated carbocycles. The van der Waals surface area contributed by atoms with Crippen molar-refractivity contribution in [1.29, 1.82) is 0 Å². The molecule has 13 heavy (non-hydrogen) atoms. The molecular weight excluding hydrogens is 235 g/mol. The van der Waals surface area contributed by atoms with Crippen LogP contribution in [0.15, 0.2) is 34.8 Å². The highest BCUT2D eigenvalue weighted by Crippen LogP contribution is 2.20. The molecule has 0 spiro atoms. The zero-order valence-electron chi connectivity index (χ0n) is 7.10. The van der Waals surface area contributed by atoms with E-state index in [2.05, 4.69) is 22.5 Å². The Bertz CT molecular complexity index is 371. The third kappa shape index (κ3) is 2.25. The molecule has 1 aromatic carbocycles. The molecule has 0 aromatic heterocycles. The summed E-state index contributed by atoms with van der Waals surface area (Å²) in [6, 6.07) is 3.99. The quantitative estimate of drug-likeness (QED) is 0.575. The van der Waals surface area contributed by atoms with Crippen LogP contribution in [0.1, 0.15) is 17.3 Å². The van der Waals surface area contributed by atoms with Gasteiger partial charge in [-0.15, -0.1) is 0 Å². The second-order valence-corrected chi connectivity index (χ2v) is 3.59. The van der Waals surface area contributed by atoms with Gasteiger partial charge in [0.05, 0.1) is 0 Å². The molecule has 0 fully saturated rings. The number of carbonyl (C=O) groups is 1. The molecule has 0 saturated heterocycles. The van der Waals surface area contributed by atoms with Crippen molar-refractivity contribution in [3.05, 3.63) is 46.2 Å². The molecule has 1 aromatic rings. The Labute approximate surface area is 84.4 Å². The van der Waals surface area contributed by atoms with Gasteiger partial charge in [-0.25, -0.2) is 4.39 Å². The van der Waals surface area contributed by atoms with Gasteiger partial charge in [-0.1, -0.05) is 22.5 Å². The average Bonchev–Trinajstić information content (AvgIpc) is 2.08. The molecule has 3 heteroatoms. The lowest BCUT2D eigenvalue weighted by atomic mass is 10.1. The molecule has 0 aliphatic carbocycles.